The van der Waals surface area contributed by atoms with Crippen LogP contribution in [0.1, 0.15) is 30.8 Å². The number of nitrogens with zero attached hydrogens (tertiary/aromatic N) is 2. The molecule has 1 rings (SSSR count). The Balaban J connectivity index is 3.14. The third-order valence-corrected chi connectivity index (χ3v) is 2.66. The van der Waals surface area contributed by atoms with Crippen LogP contribution in [0.25, 0.3) is 6.08 Å². The van der Waals surface area contributed by atoms with Crippen molar-refractivity contribution in [1.29, 1.82) is 0 Å². The zero-order valence-electron chi connectivity index (χ0n) is 9.63. The van der Waals surface area contributed by atoms with E-state index in [0.717, 1.165) is 5.69 Å². The molecule has 0 bridgehead atoms. The van der Waals surface area contributed by atoms with Crippen molar-refractivity contribution in [3.63, 3.8) is 0 Å². The smallest absolute Gasteiger partial charge is 0.0668 e. The van der Waals surface area contributed by atoms with E-state index in [9.17, 15) is 0 Å². The second-order valence-corrected chi connectivity index (χ2v) is 3.89. The standard InChI is InChI=1S/C11H19N3/c1-7(8(2)12)6-11-9(3)13-14(5)10(11)4/h6,8H,12H2,1-5H3. The Labute approximate surface area is 85.6 Å². The van der Waals surface area contributed by atoms with Crippen LogP contribution in [0, 0.1) is 13.8 Å². The van der Waals surface area contributed by atoms with E-state index in [1.54, 1.807) is 0 Å². The lowest BCUT2D eigenvalue weighted by Crippen LogP contribution is -2.15. The van der Waals surface area contributed by atoms with Gasteiger partial charge in [0.1, 0.15) is 0 Å². The molecule has 3 nitrogen and oxygen atoms in total. The number of aromatic nitrogens is 2. The first kappa shape index (κ1) is 11.0. The Kier molecular flexibility index (Phi) is 3.11. The average Bonchev–Trinajstić information content (AvgIpc) is 2.32. The summed E-state index contributed by atoms with van der Waals surface area (Å²) in [5, 5.41) is 4.35. The van der Waals surface area contributed by atoms with Gasteiger partial charge in [-0.25, -0.2) is 0 Å². The highest BCUT2D eigenvalue weighted by Crippen LogP contribution is 2.16. The number of rotatable bonds is 2. The van der Waals surface area contributed by atoms with Gasteiger partial charge in [-0.3, -0.25) is 4.68 Å². The van der Waals surface area contributed by atoms with Crippen LogP contribution in [0.2, 0.25) is 0 Å². The molecule has 0 saturated heterocycles. The summed E-state index contributed by atoms with van der Waals surface area (Å²) in [5.74, 6) is 0. The van der Waals surface area contributed by atoms with Crippen LogP contribution >= 0.6 is 0 Å². The van der Waals surface area contributed by atoms with E-state index in [0.29, 0.717) is 0 Å². The van der Waals surface area contributed by atoms with Crippen molar-refractivity contribution < 1.29 is 0 Å². The van der Waals surface area contributed by atoms with Crippen molar-refractivity contribution in [2.45, 2.75) is 33.7 Å². The zero-order valence-corrected chi connectivity index (χ0v) is 9.63. The molecule has 3 heteroatoms. The van der Waals surface area contributed by atoms with Gasteiger partial charge < -0.3 is 5.73 Å². The fourth-order valence-corrected chi connectivity index (χ4v) is 1.36. The van der Waals surface area contributed by atoms with Crippen LogP contribution in [0.3, 0.4) is 0 Å². The van der Waals surface area contributed by atoms with Gasteiger partial charge in [0, 0.05) is 24.3 Å². The molecule has 0 aliphatic rings. The molecule has 0 fully saturated rings. The van der Waals surface area contributed by atoms with Crippen molar-refractivity contribution in [3.05, 3.63) is 22.5 Å². The summed E-state index contributed by atoms with van der Waals surface area (Å²) in [6.07, 6.45) is 2.13. The van der Waals surface area contributed by atoms with Crippen LogP contribution in [-0.4, -0.2) is 15.8 Å². The topological polar surface area (TPSA) is 43.8 Å². The highest BCUT2D eigenvalue weighted by atomic mass is 15.3. The third-order valence-electron chi connectivity index (χ3n) is 2.66. The number of hydrogen-bond acceptors (Lipinski definition) is 2. The third kappa shape index (κ3) is 2.04. The lowest BCUT2D eigenvalue weighted by Gasteiger charge is -2.05. The Bertz CT molecular complexity index is 359. The maximum Gasteiger partial charge on any atom is 0.0668 e. The second kappa shape index (κ2) is 3.96. The van der Waals surface area contributed by atoms with Crippen LogP contribution in [-0.2, 0) is 7.05 Å². The Morgan fingerprint density at radius 2 is 2.07 bits per heavy atom. The lowest BCUT2D eigenvalue weighted by molar-refractivity contribution is 0.731. The fraction of sp³-hybridized carbons (Fsp3) is 0.545. The number of aryl methyl sites for hydroxylation is 2. The molecule has 0 aromatic carbocycles. The monoisotopic (exact) mass is 193 g/mol. The summed E-state index contributed by atoms with van der Waals surface area (Å²) in [6.45, 7) is 8.14. The van der Waals surface area contributed by atoms with Crippen molar-refractivity contribution in [2.24, 2.45) is 12.8 Å². The molecule has 0 saturated carbocycles. The summed E-state index contributed by atoms with van der Waals surface area (Å²) in [6, 6.07) is 0.106. The maximum atomic E-state index is 5.80. The molecule has 78 valence electrons. The van der Waals surface area contributed by atoms with E-state index in [2.05, 4.69) is 25.0 Å². The Morgan fingerprint density at radius 1 is 1.50 bits per heavy atom. The zero-order chi connectivity index (χ0) is 10.9. The summed E-state index contributed by atoms with van der Waals surface area (Å²) in [5.41, 5.74) is 10.4. The molecule has 1 heterocycles. The molecule has 1 aromatic heterocycles. The molecule has 14 heavy (non-hydrogen) atoms. The average molecular weight is 193 g/mol. The molecule has 1 unspecified atom stereocenters. The van der Waals surface area contributed by atoms with E-state index in [1.165, 1.54) is 16.8 Å². The first-order chi connectivity index (χ1) is 6.43. The normalized spacial score (nSPS) is 14.6. The van der Waals surface area contributed by atoms with Gasteiger partial charge in [0.05, 0.1) is 5.69 Å². The Morgan fingerprint density at radius 3 is 2.43 bits per heavy atom. The minimum Gasteiger partial charge on any atom is -0.324 e. The predicted molar refractivity (Wildman–Crippen MR) is 60.0 cm³/mol. The van der Waals surface area contributed by atoms with Crippen molar-refractivity contribution in [3.8, 4) is 0 Å². The molecular formula is C11H19N3. The highest BCUT2D eigenvalue weighted by molar-refractivity contribution is 5.57. The van der Waals surface area contributed by atoms with Crippen molar-refractivity contribution in [1.82, 2.24) is 9.78 Å². The summed E-state index contributed by atoms with van der Waals surface area (Å²) in [7, 11) is 1.96. The Hall–Kier alpha value is -1.09. The van der Waals surface area contributed by atoms with Gasteiger partial charge in [0.25, 0.3) is 0 Å². The first-order valence-corrected chi connectivity index (χ1v) is 4.87. The van der Waals surface area contributed by atoms with Crippen LogP contribution in [0.4, 0.5) is 0 Å². The minimum absolute atomic E-state index is 0.106. The lowest BCUT2D eigenvalue weighted by atomic mass is 10.1. The van der Waals surface area contributed by atoms with E-state index in [4.69, 9.17) is 5.73 Å². The molecule has 0 aliphatic heterocycles. The van der Waals surface area contributed by atoms with Crippen LogP contribution in [0.5, 0.6) is 0 Å². The largest absolute Gasteiger partial charge is 0.324 e. The van der Waals surface area contributed by atoms with Gasteiger partial charge in [-0.15, -0.1) is 0 Å². The van der Waals surface area contributed by atoms with Crippen LogP contribution < -0.4 is 5.73 Å². The second-order valence-electron chi connectivity index (χ2n) is 3.89. The van der Waals surface area contributed by atoms with Crippen molar-refractivity contribution >= 4 is 6.08 Å². The first-order valence-electron chi connectivity index (χ1n) is 4.87. The molecular weight excluding hydrogens is 174 g/mol. The molecule has 1 atom stereocenters. The van der Waals surface area contributed by atoms with Crippen LogP contribution in [0.15, 0.2) is 5.57 Å². The summed E-state index contributed by atoms with van der Waals surface area (Å²) < 4.78 is 1.90. The van der Waals surface area contributed by atoms with Gasteiger partial charge in [-0.2, -0.15) is 5.10 Å². The van der Waals surface area contributed by atoms with E-state index < -0.39 is 0 Å². The number of hydrogen-bond donors (Lipinski definition) is 1. The summed E-state index contributed by atoms with van der Waals surface area (Å²) >= 11 is 0. The SMILES string of the molecule is CC(=Cc1c(C)nn(C)c1C)C(C)N. The summed E-state index contributed by atoms with van der Waals surface area (Å²) in [4.78, 5) is 0. The van der Waals surface area contributed by atoms with Gasteiger partial charge in [-0.05, 0) is 27.7 Å². The fourth-order valence-electron chi connectivity index (χ4n) is 1.36. The van der Waals surface area contributed by atoms with Gasteiger partial charge in [0.2, 0.25) is 0 Å². The van der Waals surface area contributed by atoms with Gasteiger partial charge in [-0.1, -0.05) is 11.6 Å². The molecule has 0 amide bonds. The predicted octanol–water partition coefficient (Wildman–Crippen LogP) is 1.79. The highest BCUT2D eigenvalue weighted by Gasteiger charge is 2.07. The molecule has 0 spiro atoms. The quantitative estimate of drug-likeness (QED) is 0.778. The molecule has 0 aliphatic carbocycles. The minimum atomic E-state index is 0.106. The van der Waals surface area contributed by atoms with Gasteiger partial charge >= 0.3 is 0 Å². The van der Waals surface area contributed by atoms with Crippen molar-refractivity contribution in [2.75, 3.05) is 0 Å². The molecule has 2 N–H and O–H groups in total. The van der Waals surface area contributed by atoms with E-state index in [1.807, 2.05) is 25.6 Å². The maximum absolute atomic E-state index is 5.80. The molecule has 1 aromatic rings. The van der Waals surface area contributed by atoms with E-state index >= 15 is 0 Å². The molecule has 0 radical (unpaired) electrons. The van der Waals surface area contributed by atoms with E-state index in [-0.39, 0.29) is 6.04 Å². The van der Waals surface area contributed by atoms with Gasteiger partial charge in [0.15, 0.2) is 0 Å². The number of nitrogens with two attached hydrogens (primary N) is 1.